The molecule has 1 aliphatic rings. The first-order valence-electron chi connectivity index (χ1n) is 10.8. The standard InChI is InChI=1S/C25H22N6/c1-4-12-30(13-5-1)24-9-8-18(14-27-24)19-15-28-25-22(16-29-31(25)17-19)20-10-11-26-23-7-3-2-6-21(20)23/h2-3,6-11,14-17H,1,4-5,12-13H2. The Morgan fingerprint density at radius 1 is 0.710 bits per heavy atom. The number of hydrogen-bond donors (Lipinski definition) is 0. The molecule has 0 bridgehead atoms. The molecule has 4 aromatic heterocycles. The van der Waals surface area contributed by atoms with E-state index in [2.05, 4.69) is 33.2 Å². The topological polar surface area (TPSA) is 59.2 Å². The molecule has 6 rings (SSSR count). The molecule has 5 heterocycles. The SMILES string of the molecule is c1ccc2c(-c3cnn4cc(-c5ccc(N6CCCCC6)nc5)cnc34)ccnc2c1. The molecule has 0 saturated carbocycles. The molecule has 0 atom stereocenters. The number of fused-ring (bicyclic) bond motifs is 2. The van der Waals surface area contributed by atoms with Crippen molar-refractivity contribution in [1.29, 1.82) is 0 Å². The molecule has 0 aliphatic carbocycles. The Balaban J connectivity index is 1.36. The molecule has 1 fully saturated rings. The zero-order valence-corrected chi connectivity index (χ0v) is 17.1. The summed E-state index contributed by atoms with van der Waals surface area (Å²) in [5.41, 5.74) is 5.94. The van der Waals surface area contributed by atoms with Crippen LogP contribution in [0.2, 0.25) is 0 Å². The predicted octanol–water partition coefficient (Wildman–Crippen LogP) is 5.00. The van der Waals surface area contributed by atoms with Crippen LogP contribution in [0.15, 0.2) is 73.4 Å². The average Bonchev–Trinajstić information content (AvgIpc) is 3.27. The van der Waals surface area contributed by atoms with Crippen molar-refractivity contribution in [2.24, 2.45) is 0 Å². The second-order valence-electron chi connectivity index (χ2n) is 8.00. The highest BCUT2D eigenvalue weighted by Crippen LogP contribution is 2.30. The van der Waals surface area contributed by atoms with Gasteiger partial charge in [-0.3, -0.25) is 4.98 Å². The minimum atomic E-state index is 0.831. The lowest BCUT2D eigenvalue weighted by Crippen LogP contribution is -2.29. The van der Waals surface area contributed by atoms with E-state index in [1.807, 2.05) is 59.8 Å². The molecule has 31 heavy (non-hydrogen) atoms. The van der Waals surface area contributed by atoms with Gasteiger partial charge in [0.05, 0.1) is 11.7 Å². The minimum absolute atomic E-state index is 0.831. The van der Waals surface area contributed by atoms with Crippen LogP contribution in [-0.4, -0.2) is 37.7 Å². The van der Waals surface area contributed by atoms with Crippen LogP contribution < -0.4 is 4.90 Å². The molecule has 5 aromatic rings. The van der Waals surface area contributed by atoms with Crippen LogP contribution in [0.5, 0.6) is 0 Å². The number of nitrogens with zero attached hydrogens (tertiary/aromatic N) is 6. The van der Waals surface area contributed by atoms with Crippen molar-refractivity contribution >= 4 is 22.4 Å². The Labute approximate surface area is 180 Å². The number of para-hydroxylation sites is 1. The van der Waals surface area contributed by atoms with Crippen LogP contribution >= 0.6 is 0 Å². The summed E-state index contributed by atoms with van der Waals surface area (Å²) < 4.78 is 1.85. The predicted molar refractivity (Wildman–Crippen MR) is 123 cm³/mol. The first-order chi connectivity index (χ1) is 15.4. The van der Waals surface area contributed by atoms with E-state index in [-0.39, 0.29) is 0 Å². The van der Waals surface area contributed by atoms with Crippen LogP contribution in [0.1, 0.15) is 19.3 Å². The van der Waals surface area contributed by atoms with Gasteiger partial charge in [0.25, 0.3) is 0 Å². The highest BCUT2D eigenvalue weighted by atomic mass is 15.2. The van der Waals surface area contributed by atoms with Gasteiger partial charge in [0, 0.05) is 60.0 Å². The van der Waals surface area contributed by atoms with Gasteiger partial charge >= 0.3 is 0 Å². The van der Waals surface area contributed by atoms with Gasteiger partial charge < -0.3 is 4.90 Å². The van der Waals surface area contributed by atoms with Gasteiger partial charge in [-0.2, -0.15) is 5.10 Å². The van der Waals surface area contributed by atoms with Gasteiger partial charge in [0.15, 0.2) is 5.65 Å². The van der Waals surface area contributed by atoms with Crippen molar-refractivity contribution in [1.82, 2.24) is 24.6 Å². The van der Waals surface area contributed by atoms with E-state index in [4.69, 9.17) is 9.97 Å². The summed E-state index contributed by atoms with van der Waals surface area (Å²) in [4.78, 5) is 16.3. The van der Waals surface area contributed by atoms with E-state index < -0.39 is 0 Å². The largest absolute Gasteiger partial charge is 0.357 e. The van der Waals surface area contributed by atoms with E-state index in [0.29, 0.717) is 0 Å². The first kappa shape index (κ1) is 18.0. The average molecular weight is 406 g/mol. The molecule has 0 N–H and O–H groups in total. The summed E-state index contributed by atoms with van der Waals surface area (Å²) in [6, 6.07) is 14.4. The third kappa shape index (κ3) is 3.20. The normalized spacial score (nSPS) is 14.4. The Kier molecular flexibility index (Phi) is 4.34. The molecular weight excluding hydrogens is 384 g/mol. The minimum Gasteiger partial charge on any atom is -0.357 e. The maximum absolute atomic E-state index is 4.75. The fraction of sp³-hybridized carbons (Fsp3) is 0.200. The highest BCUT2D eigenvalue weighted by molar-refractivity contribution is 5.97. The van der Waals surface area contributed by atoms with E-state index in [1.165, 1.54) is 19.3 Å². The summed E-state index contributed by atoms with van der Waals surface area (Å²) in [5, 5.41) is 5.68. The van der Waals surface area contributed by atoms with Crippen LogP contribution in [-0.2, 0) is 0 Å². The lowest BCUT2D eigenvalue weighted by Gasteiger charge is -2.27. The Bertz CT molecular complexity index is 1360. The van der Waals surface area contributed by atoms with E-state index in [1.54, 1.807) is 0 Å². The maximum Gasteiger partial charge on any atom is 0.162 e. The molecule has 152 valence electrons. The molecule has 1 aromatic carbocycles. The molecular formula is C25H22N6. The number of benzene rings is 1. The summed E-state index contributed by atoms with van der Waals surface area (Å²) in [5.74, 6) is 1.06. The van der Waals surface area contributed by atoms with E-state index in [0.717, 1.165) is 57.7 Å². The molecule has 6 heteroatoms. The Hall–Kier alpha value is -3.80. The summed E-state index contributed by atoms with van der Waals surface area (Å²) in [6.45, 7) is 2.19. The van der Waals surface area contributed by atoms with Crippen molar-refractivity contribution in [2.75, 3.05) is 18.0 Å². The lowest BCUT2D eigenvalue weighted by molar-refractivity contribution is 0.573. The fourth-order valence-electron chi connectivity index (χ4n) is 4.41. The van der Waals surface area contributed by atoms with E-state index in [9.17, 15) is 0 Å². The summed E-state index contributed by atoms with van der Waals surface area (Å²) in [7, 11) is 0. The highest BCUT2D eigenvalue weighted by Gasteiger charge is 2.14. The fourth-order valence-corrected chi connectivity index (χ4v) is 4.41. The van der Waals surface area contributed by atoms with Gasteiger partial charge in [-0.1, -0.05) is 18.2 Å². The van der Waals surface area contributed by atoms with Gasteiger partial charge in [-0.05, 0) is 49.1 Å². The maximum atomic E-state index is 4.75. The molecule has 1 aliphatic heterocycles. The number of piperidine rings is 1. The molecule has 0 amide bonds. The molecule has 0 unspecified atom stereocenters. The van der Waals surface area contributed by atoms with Crippen molar-refractivity contribution in [3.63, 3.8) is 0 Å². The second kappa shape index (κ2) is 7.47. The lowest BCUT2D eigenvalue weighted by atomic mass is 10.0. The third-order valence-electron chi connectivity index (χ3n) is 6.06. The van der Waals surface area contributed by atoms with Gasteiger partial charge in [0.2, 0.25) is 0 Å². The number of pyridine rings is 2. The van der Waals surface area contributed by atoms with Crippen molar-refractivity contribution < 1.29 is 0 Å². The van der Waals surface area contributed by atoms with E-state index >= 15 is 0 Å². The Morgan fingerprint density at radius 3 is 2.45 bits per heavy atom. The summed E-state index contributed by atoms with van der Waals surface area (Å²) >= 11 is 0. The smallest absolute Gasteiger partial charge is 0.162 e. The Morgan fingerprint density at radius 2 is 1.58 bits per heavy atom. The number of aromatic nitrogens is 5. The monoisotopic (exact) mass is 406 g/mol. The van der Waals surface area contributed by atoms with Crippen LogP contribution in [0.25, 0.3) is 38.8 Å². The molecule has 1 saturated heterocycles. The summed E-state index contributed by atoms with van der Waals surface area (Å²) in [6.07, 6.45) is 13.4. The number of hydrogen-bond acceptors (Lipinski definition) is 5. The molecule has 0 spiro atoms. The van der Waals surface area contributed by atoms with Crippen LogP contribution in [0.3, 0.4) is 0 Å². The second-order valence-corrected chi connectivity index (χ2v) is 8.00. The third-order valence-corrected chi connectivity index (χ3v) is 6.06. The molecule has 0 radical (unpaired) electrons. The van der Waals surface area contributed by atoms with Gasteiger partial charge in [-0.25, -0.2) is 14.5 Å². The van der Waals surface area contributed by atoms with Gasteiger partial charge in [-0.15, -0.1) is 0 Å². The number of anilines is 1. The quantitative estimate of drug-likeness (QED) is 0.422. The van der Waals surface area contributed by atoms with Gasteiger partial charge in [0.1, 0.15) is 5.82 Å². The number of rotatable bonds is 3. The van der Waals surface area contributed by atoms with Crippen molar-refractivity contribution in [2.45, 2.75) is 19.3 Å². The van der Waals surface area contributed by atoms with Crippen LogP contribution in [0, 0.1) is 0 Å². The van der Waals surface area contributed by atoms with Crippen LogP contribution in [0.4, 0.5) is 5.82 Å². The zero-order chi connectivity index (χ0) is 20.6. The van der Waals surface area contributed by atoms with Crippen molar-refractivity contribution in [3.8, 4) is 22.3 Å². The van der Waals surface area contributed by atoms with Crippen molar-refractivity contribution in [3.05, 3.63) is 73.4 Å². The molecule has 6 nitrogen and oxygen atoms in total. The first-order valence-corrected chi connectivity index (χ1v) is 10.8. The zero-order valence-electron chi connectivity index (χ0n) is 17.1.